The number of anilines is 1. The molecule has 0 atom stereocenters. The van der Waals surface area contributed by atoms with Crippen molar-refractivity contribution in [2.24, 2.45) is 0 Å². The maximum Gasteiger partial charge on any atom is 0.308 e. The number of nitro benzene ring substituents is 1. The molecule has 0 aliphatic carbocycles. The number of hydrogen-bond donors (Lipinski definition) is 1. The van der Waals surface area contributed by atoms with Gasteiger partial charge < -0.3 is 5.32 Å². The van der Waals surface area contributed by atoms with Crippen molar-refractivity contribution in [3.8, 4) is 0 Å². The Labute approximate surface area is 158 Å². The summed E-state index contributed by atoms with van der Waals surface area (Å²) in [4.78, 5) is 34.3. The molecule has 1 N–H and O–H groups in total. The summed E-state index contributed by atoms with van der Waals surface area (Å²) in [6, 6.07) is 11.3. The third kappa shape index (κ3) is 4.12. The first-order chi connectivity index (χ1) is 12.8. The van der Waals surface area contributed by atoms with E-state index in [1.165, 1.54) is 18.2 Å². The van der Waals surface area contributed by atoms with E-state index < -0.39 is 4.92 Å². The normalized spacial score (nSPS) is 11.4. The lowest BCUT2D eigenvalue weighted by Gasteiger charge is -2.08. The van der Waals surface area contributed by atoms with E-state index in [1.807, 2.05) is 19.9 Å². The van der Waals surface area contributed by atoms with Crippen molar-refractivity contribution in [2.45, 2.75) is 19.9 Å². The largest absolute Gasteiger partial charge is 0.322 e. The van der Waals surface area contributed by atoms with Crippen LogP contribution in [0.1, 0.15) is 25.5 Å². The summed E-state index contributed by atoms with van der Waals surface area (Å²) in [5, 5.41) is 13.4. The van der Waals surface area contributed by atoms with E-state index >= 15 is 0 Å². The molecule has 2 aromatic carbocycles. The van der Waals surface area contributed by atoms with Gasteiger partial charge in [-0.2, -0.15) is 0 Å². The Bertz CT molecular complexity index is 1090. The molecule has 0 fully saturated rings. The molecule has 1 aromatic heterocycles. The highest BCUT2D eigenvalue weighted by Gasteiger charge is 2.11. The van der Waals surface area contributed by atoms with Crippen LogP contribution in [0, 0.1) is 10.1 Å². The summed E-state index contributed by atoms with van der Waals surface area (Å²) < 4.78 is 2.53. The minimum absolute atomic E-state index is 0.00256. The van der Waals surface area contributed by atoms with Gasteiger partial charge in [0.25, 0.3) is 5.69 Å². The third-order valence-electron chi connectivity index (χ3n) is 3.93. The second-order valence-corrected chi connectivity index (χ2v) is 7.18. The fourth-order valence-corrected chi connectivity index (χ4v) is 3.72. The first kappa shape index (κ1) is 18.5. The van der Waals surface area contributed by atoms with Gasteiger partial charge in [0.05, 0.1) is 15.1 Å². The van der Waals surface area contributed by atoms with Crippen LogP contribution in [0.3, 0.4) is 0 Å². The molecule has 1 amide bonds. The molecular weight excluding hydrogens is 366 g/mol. The zero-order chi connectivity index (χ0) is 19.6. The second-order valence-electron chi connectivity index (χ2n) is 6.19. The van der Waals surface area contributed by atoms with Gasteiger partial charge in [0.15, 0.2) is 0 Å². The zero-order valence-corrected chi connectivity index (χ0v) is 15.5. The summed E-state index contributed by atoms with van der Waals surface area (Å²) in [6.45, 7) is 3.90. The predicted molar refractivity (Wildman–Crippen MR) is 107 cm³/mol. The topological polar surface area (TPSA) is 94.2 Å². The molecule has 0 saturated heterocycles. The molecule has 27 heavy (non-hydrogen) atoms. The molecule has 0 radical (unpaired) electrons. The zero-order valence-electron chi connectivity index (χ0n) is 14.7. The van der Waals surface area contributed by atoms with Crippen LogP contribution >= 0.6 is 11.3 Å². The van der Waals surface area contributed by atoms with Crippen LogP contribution in [0.15, 0.2) is 53.3 Å². The number of carbonyl (C=O) groups excluding carboxylic acids is 1. The van der Waals surface area contributed by atoms with Crippen LogP contribution in [0.2, 0.25) is 0 Å². The molecule has 0 aliphatic rings. The monoisotopic (exact) mass is 383 g/mol. The van der Waals surface area contributed by atoms with Gasteiger partial charge in [-0.1, -0.05) is 11.3 Å². The molecule has 3 rings (SSSR count). The van der Waals surface area contributed by atoms with Crippen molar-refractivity contribution < 1.29 is 9.72 Å². The molecule has 0 bridgehead atoms. The standard InChI is InChI=1S/C19H17N3O4S/c1-12(2)21-16-9-6-14(11-17(16)27-19(21)24)20-18(23)10-5-13-3-7-15(8-4-13)22(25)26/h3-12H,1-2H3,(H,20,23)/b10-5+. The number of carbonyl (C=O) groups is 1. The van der Waals surface area contributed by atoms with Crippen molar-refractivity contribution >= 4 is 44.9 Å². The number of nitrogens with zero attached hydrogens (tertiary/aromatic N) is 2. The summed E-state index contributed by atoms with van der Waals surface area (Å²) in [5.41, 5.74) is 2.12. The lowest BCUT2D eigenvalue weighted by Crippen LogP contribution is -2.14. The number of thiazole rings is 1. The van der Waals surface area contributed by atoms with Crippen molar-refractivity contribution in [1.29, 1.82) is 0 Å². The van der Waals surface area contributed by atoms with Gasteiger partial charge in [-0.15, -0.1) is 0 Å². The maximum absolute atomic E-state index is 12.1. The van der Waals surface area contributed by atoms with Gasteiger partial charge in [-0.3, -0.25) is 24.3 Å². The minimum atomic E-state index is -0.475. The molecule has 1 heterocycles. The number of non-ortho nitro benzene ring substituents is 1. The number of rotatable bonds is 5. The number of nitro groups is 1. The Hall–Kier alpha value is -3.26. The van der Waals surface area contributed by atoms with E-state index in [0.717, 1.165) is 21.6 Å². The lowest BCUT2D eigenvalue weighted by atomic mass is 10.2. The average molecular weight is 383 g/mol. The van der Waals surface area contributed by atoms with Crippen molar-refractivity contribution in [3.05, 3.63) is 73.9 Å². The van der Waals surface area contributed by atoms with E-state index in [9.17, 15) is 19.7 Å². The highest BCUT2D eigenvalue weighted by Crippen LogP contribution is 2.24. The second kappa shape index (κ2) is 7.55. The average Bonchev–Trinajstić information content (AvgIpc) is 2.95. The Morgan fingerprint density at radius 1 is 1.22 bits per heavy atom. The summed E-state index contributed by atoms with van der Waals surface area (Å²) >= 11 is 1.15. The van der Waals surface area contributed by atoms with E-state index in [2.05, 4.69) is 5.32 Å². The number of nitrogens with one attached hydrogen (secondary N) is 1. The van der Waals surface area contributed by atoms with Gasteiger partial charge in [-0.25, -0.2) is 0 Å². The summed E-state index contributed by atoms with van der Waals surface area (Å²) in [6.07, 6.45) is 2.93. The van der Waals surface area contributed by atoms with Crippen molar-refractivity contribution in [3.63, 3.8) is 0 Å². The predicted octanol–water partition coefficient (Wildman–Crippen LogP) is 4.20. The quantitative estimate of drug-likeness (QED) is 0.406. The molecule has 0 spiro atoms. The van der Waals surface area contributed by atoms with E-state index in [-0.39, 0.29) is 22.5 Å². The molecule has 0 unspecified atom stereocenters. The molecule has 8 heteroatoms. The van der Waals surface area contributed by atoms with E-state index in [4.69, 9.17) is 0 Å². The maximum atomic E-state index is 12.1. The number of fused-ring (bicyclic) bond motifs is 1. The number of amides is 1. The molecule has 138 valence electrons. The summed E-state index contributed by atoms with van der Waals surface area (Å²) in [5.74, 6) is -0.330. The van der Waals surface area contributed by atoms with Crippen LogP contribution in [-0.4, -0.2) is 15.4 Å². The third-order valence-corrected chi connectivity index (χ3v) is 4.85. The van der Waals surface area contributed by atoms with E-state index in [1.54, 1.807) is 34.9 Å². The first-order valence-electron chi connectivity index (χ1n) is 8.24. The fourth-order valence-electron chi connectivity index (χ4n) is 2.67. The minimum Gasteiger partial charge on any atom is -0.322 e. The highest BCUT2D eigenvalue weighted by molar-refractivity contribution is 7.16. The van der Waals surface area contributed by atoms with Gasteiger partial charge in [0.2, 0.25) is 5.91 Å². The van der Waals surface area contributed by atoms with Crippen molar-refractivity contribution in [2.75, 3.05) is 5.32 Å². The number of hydrogen-bond acceptors (Lipinski definition) is 5. The Morgan fingerprint density at radius 3 is 2.56 bits per heavy atom. The first-order valence-corrected chi connectivity index (χ1v) is 9.05. The molecule has 0 aliphatic heterocycles. The van der Waals surface area contributed by atoms with E-state index in [0.29, 0.717) is 11.3 Å². The van der Waals surface area contributed by atoms with Crippen LogP contribution < -0.4 is 10.2 Å². The summed E-state index contributed by atoms with van der Waals surface area (Å²) in [7, 11) is 0. The van der Waals surface area contributed by atoms with Gasteiger partial charge in [-0.05, 0) is 55.8 Å². The number of aromatic nitrogens is 1. The van der Waals surface area contributed by atoms with Crippen LogP contribution in [0.25, 0.3) is 16.3 Å². The molecule has 3 aromatic rings. The lowest BCUT2D eigenvalue weighted by molar-refractivity contribution is -0.384. The Morgan fingerprint density at radius 2 is 1.93 bits per heavy atom. The van der Waals surface area contributed by atoms with Crippen LogP contribution in [0.4, 0.5) is 11.4 Å². The van der Waals surface area contributed by atoms with Crippen LogP contribution in [-0.2, 0) is 4.79 Å². The SMILES string of the molecule is CC(C)n1c(=O)sc2cc(NC(=O)/C=C/c3ccc([N+](=O)[O-])cc3)ccc21. The Balaban J connectivity index is 1.73. The number of benzene rings is 2. The highest BCUT2D eigenvalue weighted by atomic mass is 32.1. The van der Waals surface area contributed by atoms with Crippen molar-refractivity contribution in [1.82, 2.24) is 4.57 Å². The molecule has 7 nitrogen and oxygen atoms in total. The molecular formula is C19H17N3O4S. The smallest absolute Gasteiger partial charge is 0.308 e. The van der Waals surface area contributed by atoms with Crippen LogP contribution in [0.5, 0.6) is 0 Å². The molecule has 0 saturated carbocycles. The van der Waals surface area contributed by atoms with Gasteiger partial charge >= 0.3 is 4.87 Å². The fraction of sp³-hybridized carbons (Fsp3) is 0.158. The van der Waals surface area contributed by atoms with Gasteiger partial charge in [0, 0.05) is 29.9 Å². The van der Waals surface area contributed by atoms with Gasteiger partial charge in [0.1, 0.15) is 0 Å². The Kier molecular flexibility index (Phi) is 5.18.